The Balaban J connectivity index is 1.82. The number of hydrogen-bond acceptors (Lipinski definition) is 3. The van der Waals surface area contributed by atoms with Crippen LogP contribution in [0.15, 0.2) is 18.2 Å². The lowest BCUT2D eigenvalue weighted by Gasteiger charge is -2.33. The van der Waals surface area contributed by atoms with Gasteiger partial charge < -0.3 is 5.32 Å². The number of nitrogens with zero attached hydrogens (tertiary/aromatic N) is 1. The highest BCUT2D eigenvalue weighted by atomic mass is 32.1. The third-order valence-corrected chi connectivity index (χ3v) is 4.21. The van der Waals surface area contributed by atoms with Crippen LogP contribution in [0.5, 0.6) is 0 Å². The van der Waals surface area contributed by atoms with Crippen LogP contribution in [0.2, 0.25) is 0 Å². The predicted octanol–water partition coefficient (Wildman–Crippen LogP) is 3.82. The number of aromatic nitrogens is 1. The van der Waals surface area contributed by atoms with Crippen molar-refractivity contribution in [1.29, 1.82) is 0 Å². The fraction of sp³-hybridized carbons (Fsp3) is 0.462. The van der Waals surface area contributed by atoms with Crippen molar-refractivity contribution in [2.45, 2.75) is 32.7 Å². The van der Waals surface area contributed by atoms with Crippen LogP contribution in [0.1, 0.15) is 25.3 Å². The van der Waals surface area contributed by atoms with E-state index >= 15 is 0 Å². The topological polar surface area (TPSA) is 24.9 Å². The smallest absolute Gasteiger partial charge is 0.184 e. The molecule has 0 amide bonds. The third kappa shape index (κ3) is 1.80. The van der Waals surface area contributed by atoms with Gasteiger partial charge in [0, 0.05) is 6.04 Å². The molecule has 0 saturated heterocycles. The average Bonchev–Trinajstić information content (AvgIpc) is 2.57. The maximum absolute atomic E-state index is 4.63. The molecule has 16 heavy (non-hydrogen) atoms. The summed E-state index contributed by atoms with van der Waals surface area (Å²) in [5.41, 5.74) is 2.40. The summed E-state index contributed by atoms with van der Waals surface area (Å²) in [5, 5.41) is 4.61. The van der Waals surface area contributed by atoms with E-state index in [1.54, 1.807) is 11.3 Å². The van der Waals surface area contributed by atoms with Crippen LogP contribution in [0.3, 0.4) is 0 Å². The average molecular weight is 232 g/mol. The Morgan fingerprint density at radius 2 is 2.19 bits per heavy atom. The van der Waals surface area contributed by atoms with E-state index in [0.717, 1.165) is 16.6 Å². The number of benzene rings is 1. The van der Waals surface area contributed by atoms with Gasteiger partial charge >= 0.3 is 0 Å². The Morgan fingerprint density at radius 3 is 2.94 bits per heavy atom. The lowest BCUT2D eigenvalue weighted by atomic mass is 9.82. The molecule has 2 aromatic rings. The first kappa shape index (κ1) is 10.1. The fourth-order valence-corrected chi connectivity index (χ4v) is 3.22. The van der Waals surface area contributed by atoms with Crippen molar-refractivity contribution in [3.05, 3.63) is 23.8 Å². The second-order valence-electron chi connectivity index (χ2n) is 4.91. The van der Waals surface area contributed by atoms with Gasteiger partial charge in [-0.3, -0.25) is 0 Å². The first-order valence-corrected chi connectivity index (χ1v) is 6.66. The van der Waals surface area contributed by atoms with Gasteiger partial charge in [-0.25, -0.2) is 4.98 Å². The van der Waals surface area contributed by atoms with Gasteiger partial charge in [0.15, 0.2) is 5.13 Å². The number of aryl methyl sites for hydroxylation is 1. The first-order chi connectivity index (χ1) is 7.70. The van der Waals surface area contributed by atoms with E-state index in [1.165, 1.54) is 23.1 Å². The third-order valence-electron chi connectivity index (χ3n) is 3.24. The van der Waals surface area contributed by atoms with E-state index in [0.29, 0.717) is 6.04 Å². The van der Waals surface area contributed by atoms with Crippen LogP contribution in [-0.4, -0.2) is 11.0 Å². The van der Waals surface area contributed by atoms with Gasteiger partial charge in [-0.15, -0.1) is 0 Å². The lowest BCUT2D eigenvalue weighted by Crippen LogP contribution is -2.33. The molecule has 1 aliphatic rings. The highest BCUT2D eigenvalue weighted by molar-refractivity contribution is 7.22. The lowest BCUT2D eigenvalue weighted by molar-refractivity contribution is 0.309. The molecule has 0 radical (unpaired) electrons. The maximum atomic E-state index is 4.63. The zero-order valence-electron chi connectivity index (χ0n) is 9.66. The monoisotopic (exact) mass is 232 g/mol. The van der Waals surface area contributed by atoms with Crippen LogP contribution in [0, 0.1) is 12.8 Å². The number of rotatable bonds is 2. The van der Waals surface area contributed by atoms with Crippen molar-refractivity contribution < 1.29 is 0 Å². The molecule has 0 bridgehead atoms. The quantitative estimate of drug-likeness (QED) is 0.851. The summed E-state index contributed by atoms with van der Waals surface area (Å²) in [6.45, 7) is 4.42. The molecule has 1 aliphatic carbocycles. The van der Waals surface area contributed by atoms with Crippen molar-refractivity contribution >= 4 is 26.7 Å². The van der Waals surface area contributed by atoms with Gasteiger partial charge in [-0.1, -0.05) is 24.3 Å². The van der Waals surface area contributed by atoms with E-state index < -0.39 is 0 Å². The van der Waals surface area contributed by atoms with Gasteiger partial charge in [0.25, 0.3) is 0 Å². The largest absolute Gasteiger partial charge is 0.359 e. The van der Waals surface area contributed by atoms with Crippen LogP contribution in [0.25, 0.3) is 10.2 Å². The second-order valence-corrected chi connectivity index (χ2v) is 5.94. The molecule has 1 saturated carbocycles. The summed E-state index contributed by atoms with van der Waals surface area (Å²) >= 11 is 1.76. The zero-order chi connectivity index (χ0) is 11.1. The van der Waals surface area contributed by atoms with E-state index in [-0.39, 0.29) is 0 Å². The summed E-state index contributed by atoms with van der Waals surface area (Å²) in [5.74, 6) is 0.883. The molecule has 1 aromatic carbocycles. The van der Waals surface area contributed by atoms with Crippen LogP contribution in [-0.2, 0) is 0 Å². The van der Waals surface area contributed by atoms with Gasteiger partial charge in [0.2, 0.25) is 0 Å². The van der Waals surface area contributed by atoms with Gasteiger partial charge in [0.05, 0.1) is 10.2 Å². The highest BCUT2D eigenvalue weighted by Crippen LogP contribution is 2.32. The standard InChI is InChI=1S/C13H16N2S/c1-8-3-4-12-11(7-8)15-13(16-12)14-10-5-9(2)6-10/h3-4,7,9-10H,5-6H2,1-2H3,(H,14,15). The molecule has 1 heterocycles. The number of nitrogens with one attached hydrogen (secondary N) is 1. The first-order valence-electron chi connectivity index (χ1n) is 5.84. The van der Waals surface area contributed by atoms with Gasteiger partial charge in [-0.2, -0.15) is 0 Å². The normalized spacial score (nSPS) is 24.4. The van der Waals surface area contributed by atoms with Gasteiger partial charge in [-0.05, 0) is 43.4 Å². The molecule has 1 aromatic heterocycles. The number of anilines is 1. The number of hydrogen-bond donors (Lipinski definition) is 1. The molecule has 1 fully saturated rings. The van der Waals surface area contributed by atoms with Crippen LogP contribution >= 0.6 is 11.3 Å². The molecule has 1 N–H and O–H groups in total. The summed E-state index contributed by atoms with van der Waals surface area (Å²) in [7, 11) is 0. The summed E-state index contributed by atoms with van der Waals surface area (Å²) in [6, 6.07) is 7.11. The van der Waals surface area contributed by atoms with Crippen molar-refractivity contribution in [1.82, 2.24) is 4.98 Å². The predicted molar refractivity (Wildman–Crippen MR) is 70.2 cm³/mol. The van der Waals surface area contributed by atoms with Crippen molar-refractivity contribution in [3.63, 3.8) is 0 Å². The van der Waals surface area contributed by atoms with E-state index in [9.17, 15) is 0 Å². The minimum atomic E-state index is 0.650. The molecule has 84 valence electrons. The van der Waals surface area contributed by atoms with E-state index in [2.05, 4.69) is 42.3 Å². The Hall–Kier alpha value is -1.09. The fourth-order valence-electron chi connectivity index (χ4n) is 2.29. The summed E-state index contributed by atoms with van der Waals surface area (Å²) < 4.78 is 1.28. The summed E-state index contributed by atoms with van der Waals surface area (Å²) in [4.78, 5) is 4.63. The SMILES string of the molecule is Cc1ccc2sc(NC3CC(C)C3)nc2c1. The minimum absolute atomic E-state index is 0.650. The molecular weight excluding hydrogens is 216 g/mol. The van der Waals surface area contributed by atoms with Crippen LogP contribution in [0.4, 0.5) is 5.13 Å². The Labute approximate surface area is 99.7 Å². The Kier molecular flexibility index (Phi) is 2.36. The van der Waals surface area contributed by atoms with Crippen molar-refractivity contribution in [2.75, 3.05) is 5.32 Å². The Morgan fingerprint density at radius 1 is 1.38 bits per heavy atom. The molecular formula is C13H16N2S. The molecule has 0 aliphatic heterocycles. The summed E-state index contributed by atoms with van der Waals surface area (Å²) in [6.07, 6.45) is 2.57. The van der Waals surface area contributed by atoms with Crippen molar-refractivity contribution in [3.8, 4) is 0 Å². The van der Waals surface area contributed by atoms with Crippen molar-refractivity contribution in [2.24, 2.45) is 5.92 Å². The number of fused-ring (bicyclic) bond motifs is 1. The van der Waals surface area contributed by atoms with E-state index in [4.69, 9.17) is 0 Å². The van der Waals surface area contributed by atoms with E-state index in [1.807, 2.05) is 0 Å². The molecule has 0 atom stereocenters. The molecule has 3 heteroatoms. The molecule has 0 unspecified atom stereocenters. The zero-order valence-corrected chi connectivity index (χ0v) is 10.5. The molecule has 3 rings (SSSR count). The highest BCUT2D eigenvalue weighted by Gasteiger charge is 2.25. The second kappa shape index (κ2) is 3.74. The van der Waals surface area contributed by atoms with Gasteiger partial charge in [0.1, 0.15) is 0 Å². The number of thiazole rings is 1. The molecule has 2 nitrogen and oxygen atoms in total. The maximum Gasteiger partial charge on any atom is 0.184 e. The Bertz CT molecular complexity index is 512. The van der Waals surface area contributed by atoms with Crippen LogP contribution < -0.4 is 5.32 Å². The molecule has 0 spiro atoms. The minimum Gasteiger partial charge on any atom is -0.359 e.